The first-order chi connectivity index (χ1) is 10.2. The van der Waals surface area contributed by atoms with Crippen LogP contribution in [-0.4, -0.2) is 36.1 Å². The molecule has 3 atom stereocenters. The largest absolute Gasteiger partial charge is 0.376 e. The zero-order valence-electron chi connectivity index (χ0n) is 12.6. The number of hydrogen-bond acceptors (Lipinski definition) is 2. The Morgan fingerprint density at radius 1 is 1.29 bits per heavy atom. The first-order valence-corrected chi connectivity index (χ1v) is 8.20. The fourth-order valence-corrected chi connectivity index (χ4v) is 3.89. The summed E-state index contributed by atoms with van der Waals surface area (Å²) in [5, 5.41) is 0. The van der Waals surface area contributed by atoms with E-state index in [0.717, 1.165) is 43.0 Å². The molecule has 0 aromatic heterocycles. The Morgan fingerprint density at radius 3 is 2.81 bits per heavy atom. The van der Waals surface area contributed by atoms with Crippen LogP contribution >= 0.6 is 0 Å². The van der Waals surface area contributed by atoms with Crippen LogP contribution in [-0.2, 0) is 4.74 Å². The van der Waals surface area contributed by atoms with Gasteiger partial charge in [-0.3, -0.25) is 4.79 Å². The second-order valence-electron chi connectivity index (χ2n) is 6.99. The van der Waals surface area contributed by atoms with Crippen molar-refractivity contribution in [3.63, 3.8) is 0 Å². The van der Waals surface area contributed by atoms with Gasteiger partial charge in [-0.15, -0.1) is 0 Å². The lowest BCUT2D eigenvalue weighted by Gasteiger charge is -2.33. The Bertz CT molecular complexity index is 552. The monoisotopic (exact) mass is 285 g/mol. The SMILES string of the molecule is Cc1ccccc1C(=O)N1C[C@H]2C[C@H](OCC3CC3)[C@H]1C2. The lowest BCUT2D eigenvalue weighted by atomic mass is 10.0. The van der Waals surface area contributed by atoms with Gasteiger partial charge in [0.05, 0.1) is 12.1 Å². The maximum absolute atomic E-state index is 12.8. The normalized spacial score (nSPS) is 30.9. The maximum atomic E-state index is 12.8. The van der Waals surface area contributed by atoms with Crippen LogP contribution < -0.4 is 0 Å². The fourth-order valence-electron chi connectivity index (χ4n) is 3.89. The summed E-state index contributed by atoms with van der Waals surface area (Å²) in [4.78, 5) is 14.9. The smallest absolute Gasteiger partial charge is 0.254 e. The fraction of sp³-hybridized carbons (Fsp3) is 0.611. The quantitative estimate of drug-likeness (QED) is 0.851. The van der Waals surface area contributed by atoms with E-state index in [1.54, 1.807) is 0 Å². The molecule has 1 amide bonds. The molecule has 1 aliphatic heterocycles. The molecule has 112 valence electrons. The van der Waals surface area contributed by atoms with E-state index in [9.17, 15) is 4.79 Å². The van der Waals surface area contributed by atoms with Gasteiger partial charge in [0.15, 0.2) is 0 Å². The average Bonchev–Trinajstić information content (AvgIpc) is 3.11. The second kappa shape index (κ2) is 5.13. The van der Waals surface area contributed by atoms with Gasteiger partial charge in [-0.05, 0) is 56.1 Å². The molecule has 2 saturated carbocycles. The number of carbonyl (C=O) groups excluding carboxylic acids is 1. The van der Waals surface area contributed by atoms with E-state index in [-0.39, 0.29) is 12.0 Å². The van der Waals surface area contributed by atoms with Crippen molar-refractivity contribution < 1.29 is 9.53 Å². The van der Waals surface area contributed by atoms with Gasteiger partial charge in [-0.25, -0.2) is 0 Å². The number of hydrogen-bond donors (Lipinski definition) is 0. The van der Waals surface area contributed by atoms with Crippen molar-refractivity contribution in [2.24, 2.45) is 11.8 Å². The van der Waals surface area contributed by atoms with E-state index in [1.807, 2.05) is 31.2 Å². The number of aryl methyl sites for hydroxylation is 1. The zero-order chi connectivity index (χ0) is 14.4. The lowest BCUT2D eigenvalue weighted by molar-refractivity contribution is -0.0109. The summed E-state index contributed by atoms with van der Waals surface area (Å²) in [6.07, 6.45) is 5.21. The highest BCUT2D eigenvalue weighted by Crippen LogP contribution is 2.41. The zero-order valence-corrected chi connectivity index (χ0v) is 12.6. The van der Waals surface area contributed by atoms with Crippen molar-refractivity contribution in [2.75, 3.05) is 13.2 Å². The first kappa shape index (κ1) is 13.3. The van der Waals surface area contributed by atoms with Crippen LogP contribution in [0.5, 0.6) is 0 Å². The van der Waals surface area contributed by atoms with Crippen LogP contribution in [0.4, 0.5) is 0 Å². The third kappa shape index (κ3) is 2.48. The minimum absolute atomic E-state index is 0.195. The molecule has 1 saturated heterocycles. The Kier molecular flexibility index (Phi) is 3.26. The number of carbonyl (C=O) groups is 1. The molecule has 3 nitrogen and oxygen atoms in total. The molecular weight excluding hydrogens is 262 g/mol. The van der Waals surface area contributed by atoms with Crippen molar-refractivity contribution in [2.45, 2.75) is 44.8 Å². The highest BCUT2D eigenvalue weighted by atomic mass is 16.5. The van der Waals surface area contributed by atoms with E-state index in [4.69, 9.17) is 4.74 Å². The number of ether oxygens (including phenoxy) is 1. The van der Waals surface area contributed by atoms with Gasteiger partial charge in [-0.2, -0.15) is 0 Å². The van der Waals surface area contributed by atoms with Crippen molar-refractivity contribution in [1.82, 2.24) is 4.90 Å². The maximum Gasteiger partial charge on any atom is 0.254 e. The van der Waals surface area contributed by atoms with Gasteiger partial charge in [-0.1, -0.05) is 18.2 Å². The third-order valence-corrected chi connectivity index (χ3v) is 5.30. The van der Waals surface area contributed by atoms with Crippen LogP contribution in [0.25, 0.3) is 0 Å². The van der Waals surface area contributed by atoms with Crippen molar-refractivity contribution in [1.29, 1.82) is 0 Å². The Balaban J connectivity index is 1.47. The number of benzene rings is 1. The minimum atomic E-state index is 0.195. The van der Waals surface area contributed by atoms with Gasteiger partial charge in [0.1, 0.15) is 0 Å². The molecule has 21 heavy (non-hydrogen) atoms. The topological polar surface area (TPSA) is 29.5 Å². The summed E-state index contributed by atoms with van der Waals surface area (Å²) in [6, 6.07) is 8.21. The number of rotatable bonds is 4. The predicted octanol–water partition coefficient (Wildman–Crippen LogP) is 3.02. The molecule has 1 heterocycles. The molecule has 3 fully saturated rings. The Hall–Kier alpha value is -1.35. The molecule has 2 bridgehead atoms. The summed E-state index contributed by atoms with van der Waals surface area (Å²) in [5.74, 6) is 1.64. The number of likely N-dealkylation sites (tertiary alicyclic amines) is 1. The van der Waals surface area contributed by atoms with E-state index >= 15 is 0 Å². The lowest BCUT2D eigenvalue weighted by Crippen LogP contribution is -2.46. The molecular formula is C18H23NO2. The molecule has 1 aromatic rings. The second-order valence-corrected chi connectivity index (χ2v) is 6.99. The van der Waals surface area contributed by atoms with E-state index < -0.39 is 0 Å². The minimum Gasteiger partial charge on any atom is -0.376 e. The number of fused-ring (bicyclic) bond motifs is 2. The summed E-state index contributed by atoms with van der Waals surface area (Å²) in [5.41, 5.74) is 1.92. The summed E-state index contributed by atoms with van der Waals surface area (Å²) >= 11 is 0. The van der Waals surface area contributed by atoms with Gasteiger partial charge < -0.3 is 9.64 Å². The molecule has 2 aliphatic carbocycles. The summed E-state index contributed by atoms with van der Waals surface area (Å²) in [6.45, 7) is 3.84. The molecule has 0 unspecified atom stereocenters. The van der Waals surface area contributed by atoms with Crippen molar-refractivity contribution in [3.8, 4) is 0 Å². The molecule has 0 radical (unpaired) electrons. The van der Waals surface area contributed by atoms with Crippen molar-refractivity contribution >= 4 is 5.91 Å². The average molecular weight is 285 g/mol. The van der Waals surface area contributed by atoms with Crippen LogP contribution in [0.3, 0.4) is 0 Å². The molecule has 1 aromatic carbocycles. The Morgan fingerprint density at radius 2 is 2.10 bits per heavy atom. The summed E-state index contributed by atoms with van der Waals surface area (Å²) in [7, 11) is 0. The molecule has 0 spiro atoms. The molecule has 4 rings (SSSR count). The van der Waals surface area contributed by atoms with Crippen LogP contribution in [0, 0.1) is 18.8 Å². The molecule has 0 N–H and O–H groups in total. The number of nitrogens with zero attached hydrogens (tertiary/aromatic N) is 1. The van der Waals surface area contributed by atoms with Crippen LogP contribution in [0.15, 0.2) is 24.3 Å². The van der Waals surface area contributed by atoms with E-state index in [0.29, 0.717) is 12.0 Å². The Labute approximate surface area is 126 Å². The van der Waals surface area contributed by atoms with Gasteiger partial charge in [0.25, 0.3) is 5.91 Å². The number of amides is 1. The highest BCUT2D eigenvalue weighted by molar-refractivity contribution is 5.96. The third-order valence-electron chi connectivity index (χ3n) is 5.30. The van der Waals surface area contributed by atoms with Gasteiger partial charge in [0, 0.05) is 18.7 Å². The van der Waals surface area contributed by atoms with Crippen LogP contribution in [0.2, 0.25) is 0 Å². The molecule has 3 heteroatoms. The predicted molar refractivity (Wildman–Crippen MR) is 81.2 cm³/mol. The van der Waals surface area contributed by atoms with Crippen LogP contribution in [0.1, 0.15) is 41.6 Å². The standard InChI is InChI=1S/C18H23NO2/c1-12-4-2-3-5-15(12)18(20)19-10-14-8-16(19)17(9-14)21-11-13-6-7-13/h2-5,13-14,16-17H,6-11H2,1H3/t14-,16-,17+/m1/s1. The number of piperidine rings is 1. The van der Waals surface area contributed by atoms with E-state index in [2.05, 4.69) is 4.90 Å². The van der Waals surface area contributed by atoms with Crippen molar-refractivity contribution in [3.05, 3.63) is 35.4 Å². The summed E-state index contributed by atoms with van der Waals surface area (Å²) < 4.78 is 6.11. The van der Waals surface area contributed by atoms with E-state index in [1.165, 1.54) is 12.8 Å². The first-order valence-electron chi connectivity index (χ1n) is 8.20. The highest BCUT2D eigenvalue weighted by Gasteiger charge is 2.48. The van der Waals surface area contributed by atoms with Gasteiger partial charge >= 0.3 is 0 Å². The molecule has 3 aliphatic rings. The van der Waals surface area contributed by atoms with Gasteiger partial charge in [0.2, 0.25) is 0 Å².